The molecule has 3 rings (SSSR count). The van der Waals surface area contributed by atoms with E-state index in [2.05, 4.69) is 17.1 Å². The summed E-state index contributed by atoms with van der Waals surface area (Å²) in [7, 11) is 0. The van der Waals surface area contributed by atoms with Crippen molar-refractivity contribution in [2.24, 2.45) is 0 Å². The van der Waals surface area contributed by atoms with Crippen LogP contribution in [0.2, 0.25) is 0 Å². The summed E-state index contributed by atoms with van der Waals surface area (Å²) in [5.41, 5.74) is 2.16. The van der Waals surface area contributed by atoms with E-state index in [9.17, 15) is 20.3 Å². The lowest BCUT2D eigenvalue weighted by Gasteiger charge is -2.35. The number of aromatic hydroxyl groups is 2. The van der Waals surface area contributed by atoms with E-state index in [4.69, 9.17) is 4.74 Å². The number of rotatable bonds is 15. The Morgan fingerprint density at radius 1 is 1.06 bits per heavy atom. The molecular weight excluding hydrogens is 446 g/mol. The molecule has 0 saturated heterocycles. The minimum atomic E-state index is -0.415. The summed E-state index contributed by atoms with van der Waals surface area (Å²) >= 11 is 0. The fourth-order valence-corrected chi connectivity index (χ4v) is 4.83. The maximum Gasteiger partial charge on any atom is 0.269 e. The molecule has 1 aliphatic carbocycles. The molecule has 2 aromatic rings. The number of nitro groups is 1. The van der Waals surface area contributed by atoms with Gasteiger partial charge in [0.25, 0.3) is 5.69 Å². The lowest BCUT2D eigenvalue weighted by molar-refractivity contribution is -0.384. The quantitative estimate of drug-likeness (QED) is 0.144. The molecule has 35 heavy (non-hydrogen) atoms. The molecule has 0 spiro atoms. The first kappa shape index (κ1) is 26.8. The Kier molecular flexibility index (Phi) is 10.6. The Balaban J connectivity index is 1.26. The minimum Gasteiger partial charge on any atom is -0.504 e. The molecule has 3 N–H and O–H groups in total. The summed E-state index contributed by atoms with van der Waals surface area (Å²) in [6.07, 6.45) is 8.63. The smallest absolute Gasteiger partial charge is 0.269 e. The molecule has 0 saturated carbocycles. The second-order valence-electron chi connectivity index (χ2n) is 9.27. The van der Waals surface area contributed by atoms with Crippen molar-refractivity contribution in [3.8, 4) is 17.2 Å². The topological polar surface area (TPSA) is 108 Å². The third-order valence-corrected chi connectivity index (χ3v) is 6.71. The minimum absolute atomic E-state index is 0.0147. The molecule has 0 radical (unpaired) electrons. The molecule has 1 atom stereocenters. The highest BCUT2D eigenvalue weighted by Crippen LogP contribution is 2.36. The summed E-state index contributed by atoms with van der Waals surface area (Å²) < 4.78 is 5.61. The van der Waals surface area contributed by atoms with Gasteiger partial charge in [0.15, 0.2) is 11.5 Å². The molecule has 0 heterocycles. The van der Waals surface area contributed by atoms with Gasteiger partial charge in [0.1, 0.15) is 12.4 Å². The number of nitrogens with zero attached hydrogens (tertiary/aromatic N) is 2. The molecule has 1 unspecified atom stereocenters. The van der Waals surface area contributed by atoms with Gasteiger partial charge < -0.3 is 25.2 Å². The lowest BCUT2D eigenvalue weighted by atomic mass is 9.86. The number of unbranched alkanes of at least 4 members (excludes halogenated alkanes) is 3. The van der Waals surface area contributed by atoms with Crippen LogP contribution in [0.3, 0.4) is 0 Å². The number of phenolic OH excluding ortho intramolecular Hbond substituents is 2. The van der Waals surface area contributed by atoms with Crippen LogP contribution < -0.4 is 10.1 Å². The number of ether oxygens (including phenoxy) is 1. The second-order valence-corrected chi connectivity index (χ2v) is 9.27. The van der Waals surface area contributed by atoms with Crippen molar-refractivity contribution in [1.29, 1.82) is 0 Å². The molecule has 2 aromatic carbocycles. The van der Waals surface area contributed by atoms with Crippen molar-refractivity contribution in [1.82, 2.24) is 10.2 Å². The Hall–Kier alpha value is -2.84. The van der Waals surface area contributed by atoms with Crippen LogP contribution in [0.5, 0.6) is 17.2 Å². The van der Waals surface area contributed by atoms with E-state index >= 15 is 0 Å². The van der Waals surface area contributed by atoms with Crippen LogP contribution in [0, 0.1) is 10.1 Å². The molecule has 1 aliphatic rings. The van der Waals surface area contributed by atoms with E-state index in [0.717, 1.165) is 63.8 Å². The van der Waals surface area contributed by atoms with Crippen molar-refractivity contribution in [3.05, 3.63) is 57.6 Å². The van der Waals surface area contributed by atoms with Crippen molar-refractivity contribution >= 4 is 5.69 Å². The fourth-order valence-electron chi connectivity index (χ4n) is 4.83. The summed E-state index contributed by atoms with van der Waals surface area (Å²) in [6.45, 7) is 6.67. The number of hydrogen-bond acceptors (Lipinski definition) is 7. The molecule has 0 aliphatic heterocycles. The molecule has 8 heteroatoms. The molecule has 192 valence electrons. The van der Waals surface area contributed by atoms with E-state index in [1.54, 1.807) is 18.2 Å². The van der Waals surface area contributed by atoms with Gasteiger partial charge in [-0.25, -0.2) is 0 Å². The molecular formula is C27H39N3O5. The number of hydrogen-bond donors (Lipinski definition) is 3. The van der Waals surface area contributed by atoms with Gasteiger partial charge in [-0.3, -0.25) is 10.1 Å². The van der Waals surface area contributed by atoms with Crippen molar-refractivity contribution in [3.63, 3.8) is 0 Å². The standard InChI is InChI=1S/C27H39N3O5/c1-2-17-29(23-10-13-25-21(20-23)7-14-26(31)27(25)32)18-6-4-3-5-15-28-16-19-35-24-11-8-22(9-12-24)30(33)34/h7-9,11-12,14,23,28,31-32H,2-6,10,13,15-20H2,1H3. The van der Waals surface area contributed by atoms with Crippen LogP contribution in [0.25, 0.3) is 0 Å². The fraction of sp³-hybridized carbons (Fsp3) is 0.556. The number of phenols is 2. The van der Waals surface area contributed by atoms with E-state index in [1.165, 1.54) is 37.0 Å². The monoisotopic (exact) mass is 485 g/mol. The highest BCUT2D eigenvalue weighted by molar-refractivity contribution is 5.50. The van der Waals surface area contributed by atoms with Gasteiger partial charge in [0.05, 0.1) is 4.92 Å². The van der Waals surface area contributed by atoms with E-state index in [1.807, 2.05) is 6.07 Å². The maximum absolute atomic E-state index is 10.7. The Labute approximate surface area is 208 Å². The van der Waals surface area contributed by atoms with Gasteiger partial charge in [-0.2, -0.15) is 0 Å². The number of non-ortho nitro benzene ring substituents is 1. The molecule has 0 aromatic heterocycles. The zero-order chi connectivity index (χ0) is 25.0. The first-order valence-electron chi connectivity index (χ1n) is 12.8. The zero-order valence-electron chi connectivity index (χ0n) is 20.7. The predicted molar refractivity (Wildman–Crippen MR) is 137 cm³/mol. The van der Waals surface area contributed by atoms with Crippen LogP contribution in [-0.4, -0.2) is 58.9 Å². The van der Waals surface area contributed by atoms with Crippen molar-refractivity contribution in [2.75, 3.05) is 32.8 Å². The molecule has 0 bridgehead atoms. The second kappa shape index (κ2) is 13.9. The predicted octanol–water partition coefficient (Wildman–Crippen LogP) is 4.80. The Morgan fingerprint density at radius 2 is 1.83 bits per heavy atom. The zero-order valence-corrected chi connectivity index (χ0v) is 20.7. The van der Waals surface area contributed by atoms with E-state index in [-0.39, 0.29) is 17.2 Å². The first-order valence-corrected chi connectivity index (χ1v) is 12.8. The normalized spacial score (nSPS) is 15.2. The van der Waals surface area contributed by atoms with Crippen LogP contribution >= 0.6 is 0 Å². The van der Waals surface area contributed by atoms with Gasteiger partial charge in [-0.1, -0.05) is 25.8 Å². The van der Waals surface area contributed by atoms with Gasteiger partial charge >= 0.3 is 0 Å². The molecule has 0 fully saturated rings. The number of nitrogens with one attached hydrogen (secondary N) is 1. The average Bonchev–Trinajstić information content (AvgIpc) is 2.86. The third-order valence-electron chi connectivity index (χ3n) is 6.71. The summed E-state index contributed by atoms with van der Waals surface area (Å²) in [6, 6.07) is 10.2. The summed E-state index contributed by atoms with van der Waals surface area (Å²) in [4.78, 5) is 12.9. The molecule has 0 amide bonds. The summed E-state index contributed by atoms with van der Waals surface area (Å²) in [5.74, 6) is 0.694. The van der Waals surface area contributed by atoms with E-state index in [0.29, 0.717) is 18.4 Å². The number of nitro benzene ring substituents is 1. The van der Waals surface area contributed by atoms with Gasteiger partial charge in [0.2, 0.25) is 0 Å². The largest absolute Gasteiger partial charge is 0.504 e. The SMILES string of the molecule is CCCN(CCCCCCNCCOc1ccc([N+](=O)[O-])cc1)C1CCc2c(ccc(O)c2O)C1. The molecule has 8 nitrogen and oxygen atoms in total. The van der Waals surface area contributed by atoms with Gasteiger partial charge in [-0.15, -0.1) is 0 Å². The lowest BCUT2D eigenvalue weighted by Crippen LogP contribution is -2.40. The Morgan fingerprint density at radius 3 is 2.57 bits per heavy atom. The van der Waals surface area contributed by atoms with Crippen molar-refractivity contribution in [2.45, 2.75) is 64.3 Å². The third kappa shape index (κ3) is 8.11. The highest BCUT2D eigenvalue weighted by atomic mass is 16.6. The maximum atomic E-state index is 10.7. The van der Waals surface area contributed by atoms with Gasteiger partial charge in [0, 0.05) is 30.3 Å². The average molecular weight is 486 g/mol. The van der Waals surface area contributed by atoms with Crippen LogP contribution in [0.4, 0.5) is 5.69 Å². The first-order chi connectivity index (χ1) is 17.0. The van der Waals surface area contributed by atoms with Crippen molar-refractivity contribution < 1.29 is 19.9 Å². The number of fused-ring (bicyclic) bond motifs is 1. The van der Waals surface area contributed by atoms with E-state index < -0.39 is 4.92 Å². The summed E-state index contributed by atoms with van der Waals surface area (Å²) in [5, 5.41) is 34.0. The highest BCUT2D eigenvalue weighted by Gasteiger charge is 2.26. The van der Waals surface area contributed by atoms with Crippen LogP contribution in [-0.2, 0) is 12.8 Å². The van der Waals surface area contributed by atoms with Gasteiger partial charge in [-0.05, 0) is 81.9 Å². The van der Waals surface area contributed by atoms with Crippen LogP contribution in [0.15, 0.2) is 36.4 Å². The Bertz CT molecular complexity index is 935. The van der Waals surface area contributed by atoms with Crippen LogP contribution in [0.1, 0.15) is 56.6 Å². The number of benzene rings is 2.